The summed E-state index contributed by atoms with van der Waals surface area (Å²) in [7, 11) is -3.60. The second-order valence-electron chi connectivity index (χ2n) is 9.10. The van der Waals surface area contributed by atoms with Crippen molar-refractivity contribution in [2.45, 2.75) is 62.8 Å². The van der Waals surface area contributed by atoms with Crippen LogP contribution in [0.15, 0.2) is 53.4 Å². The first-order valence-corrected chi connectivity index (χ1v) is 14.0. The molecule has 5 N–H and O–H groups in total. The van der Waals surface area contributed by atoms with Gasteiger partial charge in [0.15, 0.2) is 0 Å². The molecule has 0 aromatic heterocycles. The second-order valence-corrected chi connectivity index (χ2v) is 11.0. The van der Waals surface area contributed by atoms with Crippen LogP contribution in [0.2, 0.25) is 0 Å². The standard InChI is InChI=1S/C26H39N5O3S/c1-2-3-4-5-18-31(26(28)32)24-10-12-25(13-11-24)35(33,34)30-19-15-23(16-20-30)29-22-8-6-21(7-9-22)14-17-27/h6-13,23,29H,2-5,14-20,27H2,1H3,(H2,28,32). The van der Waals surface area contributed by atoms with E-state index in [1.165, 1.54) is 10.5 Å². The largest absolute Gasteiger partial charge is 0.382 e. The topological polar surface area (TPSA) is 122 Å². The number of anilines is 2. The smallest absolute Gasteiger partial charge is 0.319 e. The highest BCUT2D eigenvalue weighted by molar-refractivity contribution is 7.89. The van der Waals surface area contributed by atoms with Crippen LogP contribution in [-0.2, 0) is 16.4 Å². The van der Waals surface area contributed by atoms with Crippen molar-refractivity contribution in [3.8, 4) is 0 Å². The molecule has 0 aliphatic carbocycles. The van der Waals surface area contributed by atoms with E-state index in [1.54, 1.807) is 28.6 Å². The first-order valence-electron chi connectivity index (χ1n) is 12.6. The van der Waals surface area contributed by atoms with Crippen LogP contribution in [0.4, 0.5) is 16.2 Å². The number of benzene rings is 2. The Hall–Kier alpha value is -2.62. The average molecular weight is 502 g/mol. The fourth-order valence-corrected chi connectivity index (χ4v) is 5.89. The monoisotopic (exact) mass is 501 g/mol. The third-order valence-electron chi connectivity index (χ3n) is 6.50. The molecule has 1 aliphatic heterocycles. The lowest BCUT2D eigenvalue weighted by molar-refractivity contribution is 0.253. The third-order valence-corrected chi connectivity index (χ3v) is 8.41. The molecule has 1 aliphatic rings. The zero-order valence-electron chi connectivity index (χ0n) is 20.7. The Morgan fingerprint density at radius 3 is 2.26 bits per heavy atom. The van der Waals surface area contributed by atoms with Crippen LogP contribution in [0.5, 0.6) is 0 Å². The summed E-state index contributed by atoms with van der Waals surface area (Å²) in [5.41, 5.74) is 14.0. The van der Waals surface area contributed by atoms with Crippen molar-refractivity contribution in [3.63, 3.8) is 0 Å². The van der Waals surface area contributed by atoms with Gasteiger partial charge in [-0.15, -0.1) is 0 Å². The molecule has 9 heteroatoms. The van der Waals surface area contributed by atoms with E-state index in [2.05, 4.69) is 36.5 Å². The number of urea groups is 1. The van der Waals surface area contributed by atoms with Gasteiger partial charge in [0.2, 0.25) is 10.0 Å². The molecule has 0 bridgehead atoms. The summed E-state index contributed by atoms with van der Waals surface area (Å²) in [5, 5.41) is 3.51. The summed E-state index contributed by atoms with van der Waals surface area (Å²) >= 11 is 0. The average Bonchev–Trinajstić information content (AvgIpc) is 2.86. The molecule has 35 heavy (non-hydrogen) atoms. The summed E-state index contributed by atoms with van der Waals surface area (Å²) in [6, 6.07) is 14.4. The number of nitrogens with one attached hydrogen (secondary N) is 1. The van der Waals surface area contributed by atoms with Crippen molar-refractivity contribution in [2.75, 3.05) is 36.4 Å². The van der Waals surface area contributed by atoms with Gasteiger partial charge in [0.25, 0.3) is 0 Å². The molecule has 0 unspecified atom stereocenters. The van der Waals surface area contributed by atoms with E-state index in [1.807, 2.05) is 0 Å². The van der Waals surface area contributed by atoms with Crippen LogP contribution < -0.4 is 21.7 Å². The number of carbonyl (C=O) groups excluding carboxylic acids is 1. The minimum Gasteiger partial charge on any atom is -0.382 e. The van der Waals surface area contributed by atoms with Crippen LogP contribution in [0, 0.1) is 0 Å². The Morgan fingerprint density at radius 1 is 1.03 bits per heavy atom. The number of rotatable bonds is 12. The van der Waals surface area contributed by atoms with Gasteiger partial charge in [-0.2, -0.15) is 4.31 Å². The molecule has 1 heterocycles. The number of sulfonamides is 1. The number of nitrogens with two attached hydrogens (primary N) is 2. The predicted molar refractivity (Wildman–Crippen MR) is 142 cm³/mol. The summed E-state index contributed by atoms with van der Waals surface area (Å²) < 4.78 is 27.9. The Kier molecular flexibility index (Phi) is 9.94. The Morgan fingerprint density at radius 2 is 1.69 bits per heavy atom. The summed E-state index contributed by atoms with van der Waals surface area (Å²) in [6.45, 7) is 4.20. The molecule has 1 saturated heterocycles. The van der Waals surface area contributed by atoms with E-state index in [0.29, 0.717) is 31.9 Å². The highest BCUT2D eigenvalue weighted by atomic mass is 32.2. The van der Waals surface area contributed by atoms with Crippen LogP contribution >= 0.6 is 0 Å². The van der Waals surface area contributed by atoms with Crippen LogP contribution in [0.25, 0.3) is 0 Å². The van der Waals surface area contributed by atoms with Crippen molar-refractivity contribution in [2.24, 2.45) is 11.5 Å². The summed E-state index contributed by atoms with van der Waals surface area (Å²) in [4.78, 5) is 13.7. The number of unbranched alkanes of at least 4 members (excludes halogenated alkanes) is 3. The number of carbonyl (C=O) groups is 1. The first-order chi connectivity index (χ1) is 16.8. The van der Waals surface area contributed by atoms with Gasteiger partial charge in [-0.1, -0.05) is 38.3 Å². The fraction of sp³-hybridized carbons (Fsp3) is 0.500. The molecule has 0 atom stereocenters. The summed E-state index contributed by atoms with van der Waals surface area (Å²) in [6.07, 6.45) is 6.42. The van der Waals surface area contributed by atoms with E-state index in [-0.39, 0.29) is 10.9 Å². The van der Waals surface area contributed by atoms with Crippen molar-refractivity contribution in [3.05, 3.63) is 54.1 Å². The van der Waals surface area contributed by atoms with Crippen molar-refractivity contribution >= 4 is 27.4 Å². The lowest BCUT2D eigenvalue weighted by atomic mass is 10.1. The van der Waals surface area contributed by atoms with Gasteiger partial charge < -0.3 is 16.8 Å². The molecule has 192 valence electrons. The van der Waals surface area contributed by atoms with E-state index in [4.69, 9.17) is 11.5 Å². The highest BCUT2D eigenvalue weighted by Gasteiger charge is 2.29. The molecule has 8 nitrogen and oxygen atoms in total. The number of nitrogens with zero attached hydrogens (tertiary/aromatic N) is 2. The molecular weight excluding hydrogens is 462 g/mol. The number of primary amides is 1. The molecule has 2 amide bonds. The van der Waals surface area contributed by atoms with E-state index in [9.17, 15) is 13.2 Å². The van der Waals surface area contributed by atoms with Gasteiger partial charge in [-0.25, -0.2) is 13.2 Å². The van der Waals surface area contributed by atoms with Crippen molar-refractivity contribution in [1.29, 1.82) is 0 Å². The number of hydrogen-bond donors (Lipinski definition) is 3. The quantitative estimate of drug-likeness (QED) is 0.381. The van der Waals surface area contributed by atoms with Crippen LogP contribution in [-0.4, -0.2) is 51.0 Å². The Bertz CT molecular complexity index is 1030. The maximum atomic E-state index is 13.2. The molecule has 1 fully saturated rings. The van der Waals surface area contributed by atoms with Crippen molar-refractivity contribution < 1.29 is 13.2 Å². The molecule has 2 aromatic carbocycles. The predicted octanol–water partition coefficient (Wildman–Crippen LogP) is 3.92. The van der Waals surface area contributed by atoms with Gasteiger partial charge in [-0.3, -0.25) is 4.90 Å². The zero-order valence-corrected chi connectivity index (χ0v) is 21.5. The fourth-order valence-electron chi connectivity index (χ4n) is 4.42. The lowest BCUT2D eigenvalue weighted by Crippen LogP contribution is -2.42. The molecule has 0 spiro atoms. The van der Waals surface area contributed by atoms with E-state index in [0.717, 1.165) is 50.6 Å². The highest BCUT2D eigenvalue weighted by Crippen LogP contribution is 2.25. The van der Waals surface area contributed by atoms with E-state index < -0.39 is 16.1 Å². The van der Waals surface area contributed by atoms with Crippen LogP contribution in [0.3, 0.4) is 0 Å². The SMILES string of the molecule is CCCCCCN(C(N)=O)c1ccc(S(=O)(=O)N2CCC(Nc3ccc(CCN)cc3)CC2)cc1. The molecule has 0 saturated carbocycles. The van der Waals surface area contributed by atoms with Gasteiger partial charge >= 0.3 is 6.03 Å². The maximum Gasteiger partial charge on any atom is 0.319 e. The minimum atomic E-state index is -3.60. The number of amides is 2. The number of piperidine rings is 1. The van der Waals surface area contributed by atoms with Gasteiger partial charge in [-0.05, 0) is 74.2 Å². The van der Waals surface area contributed by atoms with E-state index >= 15 is 0 Å². The van der Waals surface area contributed by atoms with Gasteiger partial charge in [0.05, 0.1) is 4.90 Å². The molecule has 0 radical (unpaired) electrons. The summed E-state index contributed by atoms with van der Waals surface area (Å²) in [5.74, 6) is 0. The second kappa shape index (κ2) is 12.9. The normalized spacial score (nSPS) is 15.1. The first kappa shape index (κ1) is 27.0. The maximum absolute atomic E-state index is 13.2. The third kappa shape index (κ3) is 7.43. The minimum absolute atomic E-state index is 0.223. The van der Waals surface area contributed by atoms with Crippen molar-refractivity contribution in [1.82, 2.24) is 4.31 Å². The number of hydrogen-bond acceptors (Lipinski definition) is 5. The molecular formula is C26H39N5O3S. The molecule has 3 rings (SSSR count). The van der Waals surface area contributed by atoms with Gasteiger partial charge in [0, 0.05) is 37.1 Å². The Labute approximate surface area is 209 Å². The van der Waals surface area contributed by atoms with Gasteiger partial charge in [0.1, 0.15) is 0 Å². The lowest BCUT2D eigenvalue weighted by Gasteiger charge is -2.32. The van der Waals surface area contributed by atoms with Crippen LogP contribution in [0.1, 0.15) is 51.0 Å². The zero-order chi connectivity index (χ0) is 25.3. The Balaban J connectivity index is 1.57. The molecule has 2 aromatic rings.